The fourth-order valence-electron chi connectivity index (χ4n) is 3.46. The summed E-state index contributed by atoms with van der Waals surface area (Å²) in [7, 11) is 0. The fourth-order valence-corrected chi connectivity index (χ4v) is 4.98. The van der Waals surface area contributed by atoms with Gasteiger partial charge in [0, 0.05) is 34.1 Å². The minimum atomic E-state index is -0.301. The molecule has 3 heterocycles. The molecule has 0 atom stereocenters. The summed E-state index contributed by atoms with van der Waals surface area (Å²) in [4.78, 5) is 14.2. The molecule has 0 aliphatic heterocycles. The quantitative estimate of drug-likeness (QED) is 0.282. The summed E-state index contributed by atoms with van der Waals surface area (Å²) in [6.07, 6.45) is 2.61. The molecule has 4 aromatic rings. The average Bonchev–Trinajstić information content (AvgIpc) is 3.45. The van der Waals surface area contributed by atoms with Crippen LogP contribution in [-0.4, -0.2) is 30.9 Å². The van der Waals surface area contributed by atoms with Crippen LogP contribution < -0.4 is 0 Å². The van der Waals surface area contributed by atoms with Gasteiger partial charge in [-0.05, 0) is 56.0 Å². The summed E-state index contributed by atoms with van der Waals surface area (Å²) in [5.74, 6) is -0.0145. The van der Waals surface area contributed by atoms with Crippen LogP contribution in [0.3, 0.4) is 0 Å². The normalized spacial score (nSPS) is 11.2. The number of hydrogen-bond donors (Lipinski definition) is 0. The van der Waals surface area contributed by atoms with Gasteiger partial charge in [-0.3, -0.25) is 4.79 Å². The average molecular weight is 441 g/mol. The van der Waals surface area contributed by atoms with Gasteiger partial charge in [0.2, 0.25) is 0 Å². The molecule has 8 heteroatoms. The molecule has 0 spiro atoms. The number of thioether (sulfide) groups is 1. The van der Waals surface area contributed by atoms with Gasteiger partial charge >= 0.3 is 0 Å². The summed E-state index contributed by atoms with van der Waals surface area (Å²) in [6, 6.07) is 12.4. The summed E-state index contributed by atoms with van der Waals surface area (Å²) < 4.78 is 17.5. The Hall–Kier alpha value is -2.71. The number of thiophene rings is 1. The predicted octanol–water partition coefficient (Wildman–Crippen LogP) is 5.10. The highest BCUT2D eigenvalue weighted by Gasteiger charge is 2.18. The molecule has 0 bridgehead atoms. The first-order valence-corrected chi connectivity index (χ1v) is 11.4. The highest BCUT2D eigenvalue weighted by Crippen LogP contribution is 2.24. The number of nitrogens with zero attached hydrogens (tertiary/aromatic N) is 4. The van der Waals surface area contributed by atoms with Gasteiger partial charge in [0.05, 0.1) is 5.75 Å². The summed E-state index contributed by atoms with van der Waals surface area (Å²) in [5.41, 5.74) is 3.06. The van der Waals surface area contributed by atoms with Crippen molar-refractivity contribution in [2.45, 2.75) is 32.0 Å². The molecule has 0 saturated carbocycles. The molecule has 0 aliphatic rings. The van der Waals surface area contributed by atoms with Gasteiger partial charge in [-0.25, -0.2) is 4.39 Å². The molecule has 0 saturated heterocycles. The molecule has 0 N–H and O–H groups in total. The highest BCUT2D eigenvalue weighted by atomic mass is 32.2. The number of rotatable bonds is 8. The first-order chi connectivity index (χ1) is 14.5. The minimum absolute atomic E-state index is 0.0172. The number of carbonyl (C=O) groups excluding carboxylic acids is 1. The summed E-state index contributed by atoms with van der Waals surface area (Å²) in [6.45, 7) is 4.58. The van der Waals surface area contributed by atoms with Crippen LogP contribution in [0.2, 0.25) is 0 Å². The number of hydrogen-bond acceptors (Lipinski definition) is 5. The standard InChI is InChI=1S/C22H21FN4OS2/c1-15-11-20(16(2)27(15)18-6-3-5-17(23)12-18)21(28)13-30-22-25-24-14-26(22)9-8-19-7-4-10-29-19/h3-7,10-12,14H,8-9,13H2,1-2H3. The van der Waals surface area contributed by atoms with Gasteiger partial charge in [-0.15, -0.1) is 21.5 Å². The summed E-state index contributed by atoms with van der Waals surface area (Å²) >= 11 is 3.12. The van der Waals surface area contributed by atoms with Crippen LogP contribution >= 0.6 is 23.1 Å². The van der Waals surface area contributed by atoms with Crippen molar-refractivity contribution in [1.82, 2.24) is 19.3 Å². The van der Waals surface area contributed by atoms with Crippen molar-refractivity contribution in [2.24, 2.45) is 0 Å². The number of halogens is 1. The third-order valence-electron chi connectivity index (χ3n) is 4.89. The van der Waals surface area contributed by atoms with E-state index in [1.807, 2.05) is 41.2 Å². The van der Waals surface area contributed by atoms with Crippen molar-refractivity contribution in [1.29, 1.82) is 0 Å². The molecule has 0 unspecified atom stereocenters. The Kier molecular flexibility index (Phi) is 6.15. The number of ketones is 1. The maximum atomic E-state index is 13.7. The van der Waals surface area contributed by atoms with Crippen LogP contribution in [0.4, 0.5) is 4.39 Å². The first kappa shape index (κ1) is 20.6. The maximum absolute atomic E-state index is 13.7. The zero-order valence-corrected chi connectivity index (χ0v) is 18.3. The topological polar surface area (TPSA) is 52.7 Å². The van der Waals surface area contributed by atoms with E-state index in [4.69, 9.17) is 0 Å². The van der Waals surface area contributed by atoms with Crippen LogP contribution in [0.25, 0.3) is 5.69 Å². The lowest BCUT2D eigenvalue weighted by molar-refractivity contribution is 0.102. The highest BCUT2D eigenvalue weighted by molar-refractivity contribution is 7.99. The molecule has 1 aromatic carbocycles. The molecule has 3 aromatic heterocycles. The van der Waals surface area contributed by atoms with Crippen LogP contribution in [0.1, 0.15) is 26.6 Å². The van der Waals surface area contributed by atoms with Gasteiger partial charge in [0.15, 0.2) is 10.9 Å². The van der Waals surface area contributed by atoms with Crippen molar-refractivity contribution >= 4 is 28.9 Å². The Morgan fingerprint density at radius 2 is 2.07 bits per heavy atom. The molecule has 4 rings (SSSR count). The maximum Gasteiger partial charge on any atom is 0.191 e. The van der Waals surface area contributed by atoms with Crippen molar-refractivity contribution < 1.29 is 9.18 Å². The van der Waals surface area contributed by atoms with E-state index in [1.165, 1.54) is 28.8 Å². The Morgan fingerprint density at radius 1 is 1.20 bits per heavy atom. The second-order valence-electron chi connectivity index (χ2n) is 6.95. The first-order valence-electron chi connectivity index (χ1n) is 9.54. The van der Waals surface area contributed by atoms with Crippen molar-refractivity contribution in [3.63, 3.8) is 0 Å². The number of Topliss-reactive ketones (excluding diaryl/α,β-unsaturated/α-hetero) is 1. The van der Waals surface area contributed by atoms with Crippen LogP contribution in [0.5, 0.6) is 0 Å². The van der Waals surface area contributed by atoms with Gasteiger partial charge in [-0.2, -0.15) is 0 Å². The lowest BCUT2D eigenvalue weighted by Gasteiger charge is -2.10. The fraction of sp³-hybridized carbons (Fsp3) is 0.227. The lowest BCUT2D eigenvalue weighted by Crippen LogP contribution is -2.07. The number of carbonyl (C=O) groups is 1. The third-order valence-corrected chi connectivity index (χ3v) is 6.81. The Balaban J connectivity index is 1.45. The van der Waals surface area contributed by atoms with E-state index in [1.54, 1.807) is 23.7 Å². The second-order valence-corrected chi connectivity index (χ2v) is 8.92. The molecule has 154 valence electrons. The smallest absolute Gasteiger partial charge is 0.191 e. The lowest BCUT2D eigenvalue weighted by atomic mass is 10.2. The van der Waals surface area contributed by atoms with Gasteiger partial charge in [0.25, 0.3) is 0 Å². The largest absolute Gasteiger partial charge is 0.318 e. The van der Waals surface area contributed by atoms with E-state index < -0.39 is 0 Å². The molecule has 0 amide bonds. The number of aryl methyl sites for hydroxylation is 3. The Labute approximate surface area is 182 Å². The third kappa shape index (κ3) is 4.39. The van der Waals surface area contributed by atoms with Crippen LogP contribution in [-0.2, 0) is 13.0 Å². The van der Waals surface area contributed by atoms with E-state index in [0.717, 1.165) is 29.5 Å². The van der Waals surface area contributed by atoms with Crippen molar-refractivity contribution in [3.8, 4) is 5.69 Å². The molecule has 0 aliphatic carbocycles. The van der Waals surface area contributed by atoms with E-state index in [-0.39, 0.29) is 17.4 Å². The van der Waals surface area contributed by atoms with Crippen LogP contribution in [0.15, 0.2) is 59.3 Å². The second kappa shape index (κ2) is 8.97. The zero-order valence-electron chi connectivity index (χ0n) is 16.7. The van der Waals surface area contributed by atoms with E-state index in [0.29, 0.717) is 11.3 Å². The Bertz CT molecular complexity index is 1160. The van der Waals surface area contributed by atoms with E-state index in [9.17, 15) is 9.18 Å². The van der Waals surface area contributed by atoms with Crippen molar-refractivity contribution in [2.75, 3.05) is 5.75 Å². The molecule has 5 nitrogen and oxygen atoms in total. The van der Waals surface area contributed by atoms with Gasteiger partial charge < -0.3 is 9.13 Å². The number of benzene rings is 1. The molecule has 30 heavy (non-hydrogen) atoms. The Morgan fingerprint density at radius 3 is 2.83 bits per heavy atom. The van der Waals surface area contributed by atoms with Crippen LogP contribution in [0, 0.1) is 19.7 Å². The molecule has 0 fully saturated rings. The summed E-state index contributed by atoms with van der Waals surface area (Å²) in [5, 5.41) is 11.0. The molecule has 0 radical (unpaired) electrons. The minimum Gasteiger partial charge on any atom is -0.318 e. The van der Waals surface area contributed by atoms with E-state index >= 15 is 0 Å². The van der Waals surface area contributed by atoms with Gasteiger partial charge in [-0.1, -0.05) is 23.9 Å². The van der Waals surface area contributed by atoms with Crippen molar-refractivity contribution in [3.05, 3.63) is 81.8 Å². The molecular formula is C22H21FN4OS2. The monoisotopic (exact) mass is 440 g/mol. The van der Waals surface area contributed by atoms with Gasteiger partial charge in [0.1, 0.15) is 12.1 Å². The number of aromatic nitrogens is 4. The zero-order chi connectivity index (χ0) is 21.1. The molecular weight excluding hydrogens is 419 g/mol. The van der Waals surface area contributed by atoms with E-state index in [2.05, 4.69) is 21.6 Å². The predicted molar refractivity (Wildman–Crippen MR) is 118 cm³/mol. The SMILES string of the molecule is Cc1cc(C(=O)CSc2nncn2CCc2cccs2)c(C)n1-c1cccc(F)c1.